The summed E-state index contributed by atoms with van der Waals surface area (Å²) in [7, 11) is 1.68. The molecule has 0 bridgehead atoms. The van der Waals surface area contributed by atoms with Crippen LogP contribution in [0.2, 0.25) is 0 Å². The van der Waals surface area contributed by atoms with E-state index in [1.807, 2.05) is 6.92 Å². The highest BCUT2D eigenvalue weighted by molar-refractivity contribution is 5.38. The highest BCUT2D eigenvalue weighted by atomic mass is 19.1. The molecule has 1 aromatic heterocycles. The molecule has 2 heterocycles. The summed E-state index contributed by atoms with van der Waals surface area (Å²) in [6.07, 6.45) is 4.08. The lowest BCUT2D eigenvalue weighted by atomic mass is 9.98. The van der Waals surface area contributed by atoms with Crippen LogP contribution >= 0.6 is 0 Å². The normalized spacial score (nSPS) is 22.7. The Labute approximate surface area is 113 Å². The van der Waals surface area contributed by atoms with Gasteiger partial charge in [-0.2, -0.15) is 0 Å². The van der Waals surface area contributed by atoms with Gasteiger partial charge >= 0.3 is 0 Å². The van der Waals surface area contributed by atoms with E-state index in [4.69, 9.17) is 4.74 Å². The maximum absolute atomic E-state index is 14.0. The Balaban J connectivity index is 2.05. The molecule has 0 radical (unpaired) electrons. The summed E-state index contributed by atoms with van der Waals surface area (Å²) < 4.78 is 19.3. The molecule has 0 aliphatic carbocycles. The predicted molar refractivity (Wildman–Crippen MR) is 71.7 cm³/mol. The monoisotopic (exact) mass is 268 g/mol. The molecule has 0 aromatic carbocycles. The lowest BCUT2D eigenvalue weighted by molar-refractivity contribution is 0.127. The second-order valence-corrected chi connectivity index (χ2v) is 4.93. The first kappa shape index (κ1) is 14.1. The summed E-state index contributed by atoms with van der Waals surface area (Å²) in [5, 5.41) is 6.52. The third-order valence-electron chi connectivity index (χ3n) is 3.54. The van der Waals surface area contributed by atoms with Crippen molar-refractivity contribution in [2.24, 2.45) is 0 Å². The Morgan fingerprint density at radius 1 is 1.53 bits per heavy atom. The molecule has 106 valence electrons. The van der Waals surface area contributed by atoms with Gasteiger partial charge in [-0.15, -0.1) is 0 Å². The Hall–Kier alpha value is -1.27. The van der Waals surface area contributed by atoms with Crippen molar-refractivity contribution in [3.8, 4) is 0 Å². The number of methoxy groups -OCH3 is 1. The number of anilines is 1. The first-order valence-electron chi connectivity index (χ1n) is 6.68. The van der Waals surface area contributed by atoms with Crippen molar-refractivity contribution in [1.29, 1.82) is 0 Å². The number of hydrogen-bond donors (Lipinski definition) is 2. The molecule has 1 aliphatic heterocycles. The van der Waals surface area contributed by atoms with E-state index in [2.05, 4.69) is 20.6 Å². The van der Waals surface area contributed by atoms with Gasteiger partial charge in [-0.25, -0.2) is 14.4 Å². The van der Waals surface area contributed by atoms with Crippen LogP contribution in [0.15, 0.2) is 6.33 Å². The quantitative estimate of drug-likeness (QED) is 0.816. The highest BCUT2D eigenvalue weighted by Crippen LogP contribution is 2.21. The topological polar surface area (TPSA) is 59.1 Å². The summed E-state index contributed by atoms with van der Waals surface area (Å²) in [5.41, 5.74) is 0.316. The van der Waals surface area contributed by atoms with E-state index in [0.717, 1.165) is 19.4 Å². The third-order valence-corrected chi connectivity index (χ3v) is 3.54. The van der Waals surface area contributed by atoms with Crippen LogP contribution in [0.4, 0.5) is 10.2 Å². The van der Waals surface area contributed by atoms with E-state index >= 15 is 0 Å². The van der Waals surface area contributed by atoms with Gasteiger partial charge in [0.05, 0.1) is 17.8 Å². The molecule has 0 saturated carbocycles. The number of nitrogens with one attached hydrogen (secondary N) is 2. The van der Waals surface area contributed by atoms with Crippen LogP contribution < -0.4 is 10.6 Å². The van der Waals surface area contributed by atoms with Crippen LogP contribution in [0.25, 0.3) is 0 Å². The average molecular weight is 268 g/mol. The molecule has 1 atom stereocenters. The molecular formula is C13H21FN4O. The van der Waals surface area contributed by atoms with Gasteiger partial charge in [0.2, 0.25) is 0 Å². The second kappa shape index (κ2) is 6.25. The summed E-state index contributed by atoms with van der Waals surface area (Å²) in [6, 6.07) is 0. The maximum atomic E-state index is 14.0. The van der Waals surface area contributed by atoms with E-state index in [-0.39, 0.29) is 17.2 Å². The smallest absolute Gasteiger partial charge is 0.186 e. The fourth-order valence-corrected chi connectivity index (χ4v) is 2.50. The molecule has 2 N–H and O–H groups in total. The van der Waals surface area contributed by atoms with Crippen LogP contribution in [0, 0.1) is 5.82 Å². The summed E-state index contributed by atoms with van der Waals surface area (Å²) >= 11 is 0. The second-order valence-electron chi connectivity index (χ2n) is 4.93. The standard InChI is InChI=1S/C13H21FN4O/c1-3-10-11(14)12(17-9-16-10)15-7-13(8-19-2)5-4-6-18-13/h9,18H,3-8H2,1-2H3,(H,15,16,17). The van der Waals surface area contributed by atoms with Gasteiger partial charge in [-0.1, -0.05) is 6.92 Å². The van der Waals surface area contributed by atoms with Gasteiger partial charge < -0.3 is 15.4 Å². The van der Waals surface area contributed by atoms with Crippen molar-refractivity contribution in [3.63, 3.8) is 0 Å². The van der Waals surface area contributed by atoms with Gasteiger partial charge in [-0.3, -0.25) is 0 Å². The van der Waals surface area contributed by atoms with E-state index in [1.165, 1.54) is 6.33 Å². The minimum atomic E-state index is -0.351. The van der Waals surface area contributed by atoms with E-state index < -0.39 is 0 Å². The fourth-order valence-electron chi connectivity index (χ4n) is 2.50. The Bertz CT molecular complexity index is 421. The van der Waals surface area contributed by atoms with Crippen LogP contribution in [0.1, 0.15) is 25.5 Å². The molecule has 0 amide bonds. The van der Waals surface area contributed by atoms with Gasteiger partial charge in [0.1, 0.15) is 6.33 Å². The average Bonchev–Trinajstić information content (AvgIpc) is 2.87. The molecule has 1 unspecified atom stereocenters. The lowest BCUT2D eigenvalue weighted by Crippen LogP contribution is -2.49. The van der Waals surface area contributed by atoms with Crippen molar-refractivity contribution in [1.82, 2.24) is 15.3 Å². The Morgan fingerprint density at radius 2 is 2.37 bits per heavy atom. The zero-order chi connectivity index (χ0) is 13.7. The van der Waals surface area contributed by atoms with Crippen molar-refractivity contribution in [3.05, 3.63) is 17.8 Å². The Kier molecular flexibility index (Phi) is 4.66. The molecule has 1 aromatic rings. The highest BCUT2D eigenvalue weighted by Gasteiger charge is 2.33. The number of aryl methyl sites for hydroxylation is 1. The van der Waals surface area contributed by atoms with Crippen molar-refractivity contribution in [2.75, 3.05) is 32.1 Å². The maximum Gasteiger partial charge on any atom is 0.186 e. The van der Waals surface area contributed by atoms with Gasteiger partial charge in [0.25, 0.3) is 0 Å². The zero-order valence-electron chi connectivity index (χ0n) is 11.5. The fraction of sp³-hybridized carbons (Fsp3) is 0.692. The van der Waals surface area contributed by atoms with Gasteiger partial charge in [0, 0.05) is 13.7 Å². The Morgan fingerprint density at radius 3 is 3.00 bits per heavy atom. The molecule has 2 rings (SSSR count). The first-order valence-corrected chi connectivity index (χ1v) is 6.68. The molecule has 6 heteroatoms. The van der Waals surface area contributed by atoms with Crippen molar-refractivity contribution in [2.45, 2.75) is 31.7 Å². The van der Waals surface area contributed by atoms with Crippen LogP contribution in [-0.2, 0) is 11.2 Å². The van der Waals surface area contributed by atoms with Gasteiger partial charge in [-0.05, 0) is 25.8 Å². The summed E-state index contributed by atoms with van der Waals surface area (Å²) in [4.78, 5) is 7.90. The zero-order valence-corrected chi connectivity index (χ0v) is 11.5. The summed E-state index contributed by atoms with van der Waals surface area (Å²) in [6.45, 7) is 4.04. The SMILES string of the molecule is CCc1ncnc(NCC2(COC)CCCN2)c1F. The molecule has 1 fully saturated rings. The number of hydrogen-bond acceptors (Lipinski definition) is 5. The van der Waals surface area contributed by atoms with Crippen LogP contribution in [-0.4, -0.2) is 42.3 Å². The first-order chi connectivity index (χ1) is 9.21. The lowest BCUT2D eigenvalue weighted by Gasteiger charge is -2.29. The van der Waals surface area contributed by atoms with E-state index in [1.54, 1.807) is 7.11 Å². The molecule has 1 saturated heterocycles. The number of rotatable bonds is 6. The van der Waals surface area contributed by atoms with Crippen molar-refractivity contribution < 1.29 is 9.13 Å². The van der Waals surface area contributed by atoms with Gasteiger partial charge in [0.15, 0.2) is 11.6 Å². The molecule has 19 heavy (non-hydrogen) atoms. The van der Waals surface area contributed by atoms with Crippen LogP contribution in [0.5, 0.6) is 0 Å². The van der Waals surface area contributed by atoms with E-state index in [0.29, 0.717) is 25.3 Å². The van der Waals surface area contributed by atoms with E-state index in [9.17, 15) is 4.39 Å². The van der Waals surface area contributed by atoms with Crippen LogP contribution in [0.3, 0.4) is 0 Å². The summed E-state index contributed by atoms with van der Waals surface area (Å²) in [5.74, 6) is -0.0772. The third kappa shape index (κ3) is 3.19. The predicted octanol–water partition coefficient (Wildman–Crippen LogP) is 1.36. The number of aromatic nitrogens is 2. The molecule has 5 nitrogen and oxygen atoms in total. The van der Waals surface area contributed by atoms with Crippen molar-refractivity contribution >= 4 is 5.82 Å². The number of halogens is 1. The minimum Gasteiger partial charge on any atom is -0.383 e. The minimum absolute atomic E-state index is 0.126. The largest absolute Gasteiger partial charge is 0.383 e. The molecular weight excluding hydrogens is 247 g/mol. The molecule has 1 aliphatic rings. The number of ether oxygens (including phenoxy) is 1. The number of nitrogens with zero attached hydrogens (tertiary/aromatic N) is 2. The molecule has 0 spiro atoms.